The Morgan fingerprint density at radius 3 is 2.48 bits per heavy atom. The standard InChI is InChI=1S/C23H22N2O4/c1-17(26)18-5-2-7-21(15-18)28-14-4-9-23(27)25-19-6-3-8-22(16-19)29-20-10-12-24-13-11-20/h2-3,5-8,10-13,15-16H,4,9,14H2,1H3,(H,25,27). The SMILES string of the molecule is CC(=O)c1cccc(OCCCC(=O)Nc2cccc(Oc3ccncc3)c2)c1. The highest BCUT2D eigenvalue weighted by molar-refractivity contribution is 5.94. The number of pyridine rings is 1. The molecule has 29 heavy (non-hydrogen) atoms. The number of ether oxygens (including phenoxy) is 2. The van der Waals surface area contributed by atoms with Crippen LogP contribution >= 0.6 is 0 Å². The molecule has 0 saturated heterocycles. The molecule has 1 amide bonds. The van der Waals surface area contributed by atoms with E-state index < -0.39 is 0 Å². The molecular formula is C23H22N2O4. The monoisotopic (exact) mass is 390 g/mol. The summed E-state index contributed by atoms with van der Waals surface area (Å²) in [5, 5.41) is 2.86. The summed E-state index contributed by atoms with van der Waals surface area (Å²) >= 11 is 0. The van der Waals surface area contributed by atoms with Crippen LogP contribution in [0.3, 0.4) is 0 Å². The maximum atomic E-state index is 12.2. The lowest BCUT2D eigenvalue weighted by atomic mass is 10.1. The van der Waals surface area contributed by atoms with Gasteiger partial charge in [0.2, 0.25) is 5.91 Å². The van der Waals surface area contributed by atoms with E-state index in [9.17, 15) is 9.59 Å². The van der Waals surface area contributed by atoms with Crippen LogP contribution in [0.25, 0.3) is 0 Å². The number of rotatable bonds is 9. The first-order chi connectivity index (χ1) is 14.1. The predicted molar refractivity (Wildman–Crippen MR) is 111 cm³/mol. The number of hydrogen-bond acceptors (Lipinski definition) is 5. The number of carbonyl (C=O) groups is 2. The molecule has 0 spiro atoms. The van der Waals surface area contributed by atoms with E-state index >= 15 is 0 Å². The number of ketones is 1. The predicted octanol–water partition coefficient (Wildman–Crippen LogP) is 4.87. The van der Waals surface area contributed by atoms with Crippen LogP contribution in [0, 0.1) is 0 Å². The third-order valence-electron chi connectivity index (χ3n) is 4.06. The van der Waals surface area contributed by atoms with Gasteiger partial charge >= 0.3 is 0 Å². The van der Waals surface area contributed by atoms with Gasteiger partial charge in [0.25, 0.3) is 0 Å². The molecule has 0 saturated carbocycles. The van der Waals surface area contributed by atoms with Crippen molar-refractivity contribution in [1.29, 1.82) is 0 Å². The molecule has 0 aliphatic heterocycles. The van der Waals surface area contributed by atoms with E-state index in [4.69, 9.17) is 9.47 Å². The number of nitrogens with zero attached hydrogens (tertiary/aromatic N) is 1. The minimum Gasteiger partial charge on any atom is -0.494 e. The van der Waals surface area contributed by atoms with Gasteiger partial charge in [-0.25, -0.2) is 0 Å². The maximum Gasteiger partial charge on any atom is 0.224 e. The van der Waals surface area contributed by atoms with Crippen molar-refractivity contribution in [2.45, 2.75) is 19.8 Å². The van der Waals surface area contributed by atoms with Crippen LogP contribution in [0.5, 0.6) is 17.2 Å². The third kappa shape index (κ3) is 6.46. The van der Waals surface area contributed by atoms with Crippen LogP contribution in [0.15, 0.2) is 73.1 Å². The highest BCUT2D eigenvalue weighted by Gasteiger charge is 2.06. The lowest BCUT2D eigenvalue weighted by Gasteiger charge is -2.09. The topological polar surface area (TPSA) is 77.5 Å². The molecule has 6 nitrogen and oxygen atoms in total. The van der Waals surface area contributed by atoms with Gasteiger partial charge in [0, 0.05) is 36.1 Å². The Bertz CT molecular complexity index is 973. The molecule has 1 heterocycles. The smallest absolute Gasteiger partial charge is 0.224 e. The van der Waals surface area contributed by atoms with E-state index in [0.717, 1.165) is 0 Å². The van der Waals surface area contributed by atoms with Gasteiger partial charge in [-0.3, -0.25) is 14.6 Å². The minimum atomic E-state index is -0.104. The van der Waals surface area contributed by atoms with Crippen LogP contribution < -0.4 is 14.8 Å². The number of anilines is 1. The van der Waals surface area contributed by atoms with E-state index in [1.807, 2.05) is 12.1 Å². The Kier molecular flexibility index (Phi) is 6.95. The molecule has 2 aromatic carbocycles. The molecular weight excluding hydrogens is 368 g/mol. The molecule has 3 aromatic rings. The lowest BCUT2D eigenvalue weighted by molar-refractivity contribution is -0.116. The van der Waals surface area contributed by atoms with Crippen LogP contribution in [0.2, 0.25) is 0 Å². The number of amides is 1. The molecule has 148 valence electrons. The van der Waals surface area contributed by atoms with Crippen molar-refractivity contribution in [3.63, 3.8) is 0 Å². The van der Waals surface area contributed by atoms with Gasteiger partial charge in [-0.2, -0.15) is 0 Å². The van der Waals surface area contributed by atoms with Gasteiger partial charge in [-0.05, 0) is 49.7 Å². The summed E-state index contributed by atoms with van der Waals surface area (Å²) in [5.74, 6) is 1.81. The van der Waals surface area contributed by atoms with Crippen molar-refractivity contribution < 1.29 is 19.1 Å². The normalized spacial score (nSPS) is 10.2. The molecule has 0 atom stereocenters. The summed E-state index contributed by atoms with van der Waals surface area (Å²) in [4.78, 5) is 27.5. The quantitative estimate of drug-likeness (QED) is 0.416. The molecule has 0 bridgehead atoms. The molecule has 3 rings (SSSR count). The second-order valence-electron chi connectivity index (χ2n) is 6.40. The number of aromatic nitrogens is 1. The Hall–Kier alpha value is -3.67. The van der Waals surface area contributed by atoms with Gasteiger partial charge in [0.05, 0.1) is 6.61 Å². The highest BCUT2D eigenvalue weighted by atomic mass is 16.5. The van der Waals surface area contributed by atoms with Crippen LogP contribution in [-0.2, 0) is 4.79 Å². The van der Waals surface area contributed by atoms with Crippen molar-refractivity contribution in [3.8, 4) is 17.2 Å². The second kappa shape index (κ2) is 10.0. The fraction of sp³-hybridized carbons (Fsp3) is 0.174. The van der Waals surface area contributed by atoms with Gasteiger partial charge < -0.3 is 14.8 Å². The Morgan fingerprint density at radius 2 is 1.69 bits per heavy atom. The first-order valence-corrected chi connectivity index (χ1v) is 9.32. The van der Waals surface area contributed by atoms with Gasteiger partial charge in [-0.15, -0.1) is 0 Å². The highest BCUT2D eigenvalue weighted by Crippen LogP contribution is 2.23. The molecule has 0 unspecified atom stereocenters. The summed E-state index contributed by atoms with van der Waals surface area (Å²) in [6, 6.07) is 17.8. The van der Waals surface area contributed by atoms with Gasteiger partial charge in [-0.1, -0.05) is 18.2 Å². The van der Waals surface area contributed by atoms with Crippen molar-refractivity contribution in [2.24, 2.45) is 0 Å². The molecule has 0 aliphatic rings. The molecule has 0 fully saturated rings. The van der Waals surface area contributed by atoms with E-state index in [2.05, 4.69) is 10.3 Å². The molecule has 1 aromatic heterocycles. The molecule has 0 aliphatic carbocycles. The van der Waals surface area contributed by atoms with Crippen molar-refractivity contribution >= 4 is 17.4 Å². The zero-order valence-electron chi connectivity index (χ0n) is 16.1. The third-order valence-corrected chi connectivity index (χ3v) is 4.06. The van der Waals surface area contributed by atoms with Crippen LogP contribution in [0.4, 0.5) is 5.69 Å². The van der Waals surface area contributed by atoms with Crippen molar-refractivity contribution in [2.75, 3.05) is 11.9 Å². The number of Topliss-reactive ketones (excluding diaryl/α,β-unsaturated/α-hetero) is 1. The largest absolute Gasteiger partial charge is 0.494 e. The average molecular weight is 390 g/mol. The maximum absolute atomic E-state index is 12.2. The number of nitrogens with one attached hydrogen (secondary N) is 1. The Balaban J connectivity index is 1.44. The molecule has 0 radical (unpaired) electrons. The van der Waals surface area contributed by atoms with Crippen molar-refractivity contribution in [3.05, 3.63) is 78.6 Å². The second-order valence-corrected chi connectivity index (χ2v) is 6.40. The number of benzene rings is 2. The van der Waals surface area contributed by atoms with Gasteiger partial charge in [0.1, 0.15) is 17.2 Å². The zero-order valence-corrected chi connectivity index (χ0v) is 16.1. The van der Waals surface area contributed by atoms with E-state index in [0.29, 0.717) is 47.9 Å². The fourth-order valence-corrected chi connectivity index (χ4v) is 2.63. The summed E-state index contributed by atoms with van der Waals surface area (Å²) in [6.07, 6.45) is 4.18. The Morgan fingerprint density at radius 1 is 0.931 bits per heavy atom. The van der Waals surface area contributed by atoms with Crippen LogP contribution in [0.1, 0.15) is 30.1 Å². The summed E-state index contributed by atoms with van der Waals surface area (Å²) in [7, 11) is 0. The van der Waals surface area contributed by atoms with Gasteiger partial charge in [0.15, 0.2) is 5.78 Å². The first kappa shape index (κ1) is 20.1. The zero-order chi connectivity index (χ0) is 20.5. The summed E-state index contributed by atoms with van der Waals surface area (Å²) < 4.78 is 11.4. The average Bonchev–Trinajstić information content (AvgIpc) is 2.72. The minimum absolute atomic E-state index is 0.00929. The van der Waals surface area contributed by atoms with E-state index in [-0.39, 0.29) is 11.7 Å². The first-order valence-electron chi connectivity index (χ1n) is 9.32. The fourth-order valence-electron chi connectivity index (χ4n) is 2.63. The lowest BCUT2D eigenvalue weighted by Crippen LogP contribution is -2.12. The number of hydrogen-bond donors (Lipinski definition) is 1. The van der Waals surface area contributed by atoms with Crippen LogP contribution in [-0.4, -0.2) is 23.3 Å². The summed E-state index contributed by atoms with van der Waals surface area (Å²) in [5.41, 5.74) is 1.27. The van der Waals surface area contributed by atoms with Crippen molar-refractivity contribution in [1.82, 2.24) is 4.98 Å². The molecule has 6 heteroatoms. The van der Waals surface area contributed by atoms with E-state index in [1.165, 1.54) is 6.92 Å². The number of carbonyl (C=O) groups excluding carboxylic acids is 2. The molecule has 1 N–H and O–H groups in total. The van der Waals surface area contributed by atoms with E-state index in [1.54, 1.807) is 60.9 Å². The summed E-state index contributed by atoms with van der Waals surface area (Å²) in [6.45, 7) is 1.90. The Labute approximate surface area is 169 Å².